The van der Waals surface area contributed by atoms with Crippen LogP contribution in [0.4, 0.5) is 5.69 Å². The van der Waals surface area contributed by atoms with Gasteiger partial charge < -0.3 is 40.4 Å². The van der Waals surface area contributed by atoms with Gasteiger partial charge >= 0.3 is 0 Å². The number of hydrogen-bond donors (Lipinski definition) is 4. The molecule has 0 saturated heterocycles. The predicted octanol–water partition coefficient (Wildman–Crippen LogP) is 4.59. The normalized spacial score (nSPS) is 20.8. The number of ketones is 1. The Morgan fingerprint density at radius 2 is 2.07 bits per heavy atom. The van der Waals surface area contributed by atoms with E-state index in [1.54, 1.807) is 38.4 Å². The van der Waals surface area contributed by atoms with Gasteiger partial charge in [-0.1, -0.05) is 18.1 Å². The van der Waals surface area contributed by atoms with Crippen LogP contribution in [0.15, 0.2) is 47.5 Å². The van der Waals surface area contributed by atoms with Crippen molar-refractivity contribution in [1.82, 2.24) is 5.32 Å². The molecule has 1 heterocycles. The molecule has 0 radical (unpaired) electrons. The molecule has 2 aromatic rings. The van der Waals surface area contributed by atoms with Crippen molar-refractivity contribution in [2.45, 2.75) is 57.0 Å². The number of aromatic hydroxyl groups is 1. The van der Waals surface area contributed by atoms with Crippen LogP contribution in [0.2, 0.25) is 0 Å². The van der Waals surface area contributed by atoms with Gasteiger partial charge in [-0.2, -0.15) is 0 Å². The summed E-state index contributed by atoms with van der Waals surface area (Å²) in [7, 11) is 6.80. The molecule has 10 heteroatoms. The fourth-order valence-corrected chi connectivity index (χ4v) is 6.26. The maximum absolute atomic E-state index is 12.6. The van der Waals surface area contributed by atoms with Gasteiger partial charge in [-0.25, -0.2) is 0 Å². The number of guanidine groups is 1. The molecule has 242 valence electrons. The average molecular weight is 619 g/mol. The Morgan fingerprint density at radius 3 is 2.82 bits per heavy atom. The number of phenols is 1. The molecule has 1 aliphatic heterocycles. The van der Waals surface area contributed by atoms with Gasteiger partial charge in [0.15, 0.2) is 29.0 Å². The lowest BCUT2D eigenvalue weighted by Crippen LogP contribution is -2.43. The summed E-state index contributed by atoms with van der Waals surface area (Å²) in [5, 5.41) is 16.3. The number of allylic oxidation sites excluding steroid dienone is 2. The Morgan fingerprint density at radius 1 is 1.22 bits per heavy atom. The molecule has 0 aromatic heterocycles. The van der Waals surface area contributed by atoms with Crippen LogP contribution in [0.5, 0.6) is 23.0 Å². The monoisotopic (exact) mass is 618 g/mol. The zero-order chi connectivity index (χ0) is 32.2. The van der Waals surface area contributed by atoms with Gasteiger partial charge in [-0.15, -0.1) is 0 Å². The molecule has 1 aliphatic carbocycles. The van der Waals surface area contributed by atoms with Crippen molar-refractivity contribution in [3.05, 3.63) is 53.6 Å². The summed E-state index contributed by atoms with van der Waals surface area (Å²) in [6.45, 7) is 1.39. The topological polar surface area (TPSA) is 137 Å². The molecule has 45 heavy (non-hydrogen) atoms. The van der Waals surface area contributed by atoms with E-state index in [-0.39, 0.29) is 17.5 Å². The first-order chi connectivity index (χ1) is 21.8. The number of rotatable bonds is 14. The van der Waals surface area contributed by atoms with Crippen molar-refractivity contribution in [3.63, 3.8) is 0 Å². The van der Waals surface area contributed by atoms with Crippen LogP contribution in [0.3, 0.4) is 0 Å². The number of aliphatic imine (C=N–C) groups is 1. The number of ether oxygens (including phenoxy) is 4. The first-order valence-electron chi connectivity index (χ1n) is 15.5. The van der Waals surface area contributed by atoms with Gasteiger partial charge in [-0.3, -0.25) is 9.79 Å². The minimum atomic E-state index is -0.428. The zero-order valence-corrected chi connectivity index (χ0v) is 26.8. The number of carbonyl (C=O) groups is 1. The Balaban J connectivity index is 1.52. The number of nitrogens with two attached hydrogens (primary N) is 1. The molecule has 1 saturated carbocycles. The number of carbonyl (C=O) groups excluding carboxylic acids is 1. The van der Waals surface area contributed by atoms with Gasteiger partial charge in [0.05, 0.1) is 12.8 Å². The van der Waals surface area contributed by atoms with Crippen molar-refractivity contribution >= 4 is 17.4 Å². The molecule has 3 unspecified atom stereocenters. The minimum absolute atomic E-state index is 0.0324. The van der Waals surface area contributed by atoms with Crippen molar-refractivity contribution in [2.75, 3.05) is 46.8 Å². The lowest BCUT2D eigenvalue weighted by atomic mass is 9.91. The Hall–Kier alpha value is -4.20. The summed E-state index contributed by atoms with van der Waals surface area (Å²) >= 11 is 0. The summed E-state index contributed by atoms with van der Waals surface area (Å²) in [6, 6.07) is 9.10. The van der Waals surface area contributed by atoms with E-state index in [9.17, 15) is 9.90 Å². The molecule has 1 fully saturated rings. The van der Waals surface area contributed by atoms with E-state index < -0.39 is 5.60 Å². The Bertz CT molecular complexity index is 1450. The van der Waals surface area contributed by atoms with Gasteiger partial charge in [0.1, 0.15) is 11.7 Å². The molecule has 0 amide bonds. The molecule has 2 bridgehead atoms. The highest BCUT2D eigenvalue weighted by Gasteiger charge is 2.47. The second-order valence-corrected chi connectivity index (χ2v) is 11.7. The predicted molar refractivity (Wildman–Crippen MR) is 176 cm³/mol. The number of benzene rings is 2. The van der Waals surface area contributed by atoms with E-state index in [1.165, 1.54) is 7.11 Å². The van der Waals surface area contributed by atoms with E-state index in [4.69, 9.17) is 24.7 Å². The van der Waals surface area contributed by atoms with Gasteiger partial charge in [0, 0.05) is 40.2 Å². The summed E-state index contributed by atoms with van der Waals surface area (Å²) < 4.78 is 23.5. The highest BCUT2D eigenvalue weighted by Crippen LogP contribution is 2.48. The van der Waals surface area contributed by atoms with Gasteiger partial charge in [0.2, 0.25) is 5.75 Å². The third kappa shape index (κ3) is 9.16. The molecule has 2 aliphatic rings. The van der Waals surface area contributed by atoms with Crippen molar-refractivity contribution < 1.29 is 28.8 Å². The van der Waals surface area contributed by atoms with Crippen molar-refractivity contribution in [2.24, 2.45) is 22.6 Å². The molecular formula is C35H46N4O6. The molecule has 0 spiro atoms. The second kappa shape index (κ2) is 16.2. The van der Waals surface area contributed by atoms with Crippen LogP contribution in [0, 0.1) is 23.9 Å². The third-order valence-electron chi connectivity index (χ3n) is 8.47. The quantitative estimate of drug-likeness (QED) is 0.104. The van der Waals surface area contributed by atoms with Crippen LogP contribution in [-0.4, -0.2) is 63.9 Å². The van der Waals surface area contributed by atoms with Crippen LogP contribution >= 0.6 is 0 Å². The highest BCUT2D eigenvalue weighted by molar-refractivity contribution is 5.94. The van der Waals surface area contributed by atoms with Crippen molar-refractivity contribution in [1.29, 1.82) is 0 Å². The number of nitrogens with zero attached hydrogens (tertiary/aromatic N) is 1. The van der Waals surface area contributed by atoms with E-state index >= 15 is 0 Å². The van der Waals surface area contributed by atoms with E-state index in [0.717, 1.165) is 36.8 Å². The Labute approximate surface area is 266 Å². The second-order valence-electron chi connectivity index (χ2n) is 11.7. The first kappa shape index (κ1) is 33.7. The highest BCUT2D eigenvalue weighted by atomic mass is 16.5. The standard InChI is InChI=1S/C35H46N4O6/c1-37-23-35-21-26(27(22-35)15-17-42-3)9-7-16-44-33-29(39-34(36)38-2)18-25(20-32(33)45-35)8-5-6-10-28(40)13-11-24-12-14-30(41)31(19-24)43-4/h6,10,12,14,18-20,26-27,37,41H,5,8-9,11,13,15,17,21-23H2,1-4H3,(H3,36,38,39). The van der Waals surface area contributed by atoms with Gasteiger partial charge in [0.25, 0.3) is 0 Å². The third-order valence-corrected chi connectivity index (χ3v) is 8.47. The molecule has 2 aromatic carbocycles. The molecule has 4 rings (SSSR count). The fraction of sp³-hybridized carbons (Fsp3) is 0.486. The summed E-state index contributed by atoms with van der Waals surface area (Å²) in [4.78, 5) is 16.6. The molecule has 3 atom stereocenters. The number of anilines is 1. The fourth-order valence-electron chi connectivity index (χ4n) is 6.26. The maximum atomic E-state index is 12.6. The van der Waals surface area contributed by atoms with Crippen LogP contribution in [0.1, 0.15) is 49.7 Å². The van der Waals surface area contributed by atoms with E-state index in [2.05, 4.69) is 27.7 Å². The summed E-state index contributed by atoms with van der Waals surface area (Å²) in [5.74, 6) is 5.88. The summed E-state index contributed by atoms with van der Waals surface area (Å²) in [5.41, 5.74) is 8.19. The van der Waals surface area contributed by atoms with E-state index in [0.29, 0.717) is 73.6 Å². The number of phenolic OH excluding ortho intramolecular Hbond substituents is 1. The summed E-state index contributed by atoms with van der Waals surface area (Å²) in [6.07, 6.45) is 12.1. The SMILES string of the molecule is CN=C(N)Nc1cc(CCC=CC(=O)CCc2ccc(O)c(OC)c2)cc2c1OC#CCC1CC(CNC)(CC1CCOC)O2. The number of fused-ring (bicyclic) bond motifs is 3. The maximum Gasteiger partial charge on any atom is 0.205 e. The largest absolute Gasteiger partial charge is 0.504 e. The van der Waals surface area contributed by atoms with Crippen molar-refractivity contribution in [3.8, 4) is 35.0 Å². The average Bonchev–Trinajstić information content (AvgIpc) is 3.36. The number of hydrogen-bond acceptors (Lipinski definition) is 8. The van der Waals surface area contributed by atoms with Gasteiger partial charge in [-0.05, 0) is 98.9 Å². The lowest BCUT2D eigenvalue weighted by Gasteiger charge is -2.32. The molecular weight excluding hydrogens is 572 g/mol. The van der Waals surface area contributed by atoms with E-state index in [1.807, 2.05) is 25.3 Å². The molecule has 10 nitrogen and oxygen atoms in total. The number of likely N-dealkylation sites (N-methyl/N-ethyl adjacent to an activating group) is 1. The number of aryl methyl sites for hydroxylation is 2. The smallest absolute Gasteiger partial charge is 0.205 e. The number of methoxy groups -OCH3 is 2. The van der Waals surface area contributed by atoms with Crippen LogP contribution in [0.25, 0.3) is 0 Å². The lowest BCUT2D eigenvalue weighted by molar-refractivity contribution is -0.114. The zero-order valence-electron chi connectivity index (χ0n) is 26.8. The molecule has 5 N–H and O–H groups in total. The van der Waals surface area contributed by atoms with Crippen LogP contribution in [-0.2, 0) is 22.4 Å². The van der Waals surface area contributed by atoms with Crippen LogP contribution < -0.4 is 30.6 Å². The Kier molecular flexibility index (Phi) is 12.1. The number of nitrogens with one attached hydrogen (secondary N) is 2. The first-order valence-corrected chi connectivity index (χ1v) is 15.5. The minimum Gasteiger partial charge on any atom is -0.504 e.